The van der Waals surface area contributed by atoms with Gasteiger partial charge in [0, 0.05) is 5.75 Å². The number of aromatic amines is 1. The minimum absolute atomic E-state index is 0.180. The molecule has 4 nitrogen and oxygen atoms in total. The standard InChI is InChI=1S/C20H23N3OS/c1-20(2,3)15-11-9-14(10-12-15)13-25-19-21-18(22-23-19)16-7-5-6-8-17(16)24-4/h5-12H,13H2,1-4H3,(H,21,22,23). The number of para-hydroxylation sites is 1. The molecular weight excluding hydrogens is 330 g/mol. The molecule has 0 amide bonds. The van der Waals surface area contributed by atoms with Gasteiger partial charge in [0.15, 0.2) is 5.82 Å². The first kappa shape index (κ1) is 17.5. The Morgan fingerprint density at radius 2 is 1.76 bits per heavy atom. The van der Waals surface area contributed by atoms with Crippen LogP contribution in [0.1, 0.15) is 31.9 Å². The second-order valence-electron chi connectivity index (χ2n) is 6.90. The first-order chi connectivity index (χ1) is 12.0. The lowest BCUT2D eigenvalue weighted by Gasteiger charge is -2.19. The van der Waals surface area contributed by atoms with Crippen LogP contribution in [0, 0.1) is 0 Å². The molecule has 0 saturated carbocycles. The smallest absolute Gasteiger partial charge is 0.209 e. The maximum absolute atomic E-state index is 5.38. The zero-order valence-corrected chi connectivity index (χ0v) is 15.9. The van der Waals surface area contributed by atoms with E-state index in [4.69, 9.17) is 4.74 Å². The highest BCUT2D eigenvalue weighted by Gasteiger charge is 2.13. The molecule has 0 unspecified atom stereocenters. The number of nitrogens with one attached hydrogen (secondary N) is 1. The zero-order chi connectivity index (χ0) is 17.9. The minimum atomic E-state index is 0.180. The number of ether oxygens (including phenoxy) is 1. The summed E-state index contributed by atoms with van der Waals surface area (Å²) in [6.45, 7) is 6.68. The second-order valence-corrected chi connectivity index (χ2v) is 7.84. The molecule has 0 atom stereocenters. The third-order valence-electron chi connectivity index (χ3n) is 4.01. The Bertz CT molecular complexity index is 835. The van der Waals surface area contributed by atoms with Gasteiger partial charge in [0.2, 0.25) is 5.16 Å². The molecule has 1 heterocycles. The Labute approximate surface area is 153 Å². The Kier molecular flexibility index (Phi) is 5.13. The summed E-state index contributed by atoms with van der Waals surface area (Å²) in [5.41, 5.74) is 3.71. The molecule has 3 aromatic rings. The Morgan fingerprint density at radius 3 is 2.44 bits per heavy atom. The molecule has 25 heavy (non-hydrogen) atoms. The van der Waals surface area contributed by atoms with Gasteiger partial charge >= 0.3 is 0 Å². The number of H-pyrrole nitrogens is 1. The van der Waals surface area contributed by atoms with Crippen molar-refractivity contribution in [3.8, 4) is 17.1 Å². The summed E-state index contributed by atoms with van der Waals surface area (Å²) in [4.78, 5) is 4.58. The van der Waals surface area contributed by atoms with Gasteiger partial charge in [-0.05, 0) is 28.7 Å². The Morgan fingerprint density at radius 1 is 1.04 bits per heavy atom. The quantitative estimate of drug-likeness (QED) is 0.651. The van der Waals surface area contributed by atoms with Crippen molar-refractivity contribution in [1.82, 2.24) is 15.2 Å². The SMILES string of the molecule is COc1ccccc1-c1nc(SCc2ccc(C(C)(C)C)cc2)n[nH]1. The number of benzene rings is 2. The van der Waals surface area contributed by atoms with Gasteiger partial charge in [-0.15, -0.1) is 5.10 Å². The molecule has 3 rings (SSSR count). The van der Waals surface area contributed by atoms with E-state index in [1.807, 2.05) is 24.3 Å². The lowest BCUT2D eigenvalue weighted by Crippen LogP contribution is -2.10. The molecule has 0 radical (unpaired) electrons. The van der Waals surface area contributed by atoms with Crippen molar-refractivity contribution in [3.05, 3.63) is 59.7 Å². The topological polar surface area (TPSA) is 50.8 Å². The van der Waals surface area contributed by atoms with Crippen LogP contribution in [0.3, 0.4) is 0 Å². The van der Waals surface area contributed by atoms with Crippen molar-refractivity contribution in [3.63, 3.8) is 0 Å². The monoisotopic (exact) mass is 353 g/mol. The van der Waals surface area contributed by atoms with Crippen molar-refractivity contribution in [1.29, 1.82) is 0 Å². The van der Waals surface area contributed by atoms with Gasteiger partial charge in [-0.3, -0.25) is 5.10 Å². The van der Waals surface area contributed by atoms with E-state index in [0.29, 0.717) is 0 Å². The van der Waals surface area contributed by atoms with E-state index in [0.717, 1.165) is 28.0 Å². The highest BCUT2D eigenvalue weighted by molar-refractivity contribution is 7.98. The van der Waals surface area contributed by atoms with Crippen LogP contribution in [0.5, 0.6) is 5.75 Å². The Balaban J connectivity index is 1.68. The normalized spacial score (nSPS) is 11.5. The fourth-order valence-corrected chi connectivity index (χ4v) is 3.27. The van der Waals surface area contributed by atoms with E-state index in [9.17, 15) is 0 Å². The number of rotatable bonds is 5. The molecule has 1 N–H and O–H groups in total. The van der Waals surface area contributed by atoms with Crippen molar-refractivity contribution in [2.24, 2.45) is 0 Å². The van der Waals surface area contributed by atoms with Gasteiger partial charge < -0.3 is 4.74 Å². The van der Waals surface area contributed by atoms with Gasteiger partial charge in [-0.2, -0.15) is 0 Å². The third-order valence-corrected chi connectivity index (χ3v) is 4.93. The molecule has 0 saturated heterocycles. The molecule has 0 aliphatic carbocycles. The van der Waals surface area contributed by atoms with Crippen LogP contribution in [0.15, 0.2) is 53.7 Å². The molecule has 0 aliphatic rings. The van der Waals surface area contributed by atoms with Crippen LogP contribution in [0.2, 0.25) is 0 Å². The van der Waals surface area contributed by atoms with Crippen LogP contribution >= 0.6 is 11.8 Å². The first-order valence-corrected chi connectivity index (χ1v) is 9.24. The summed E-state index contributed by atoms with van der Waals surface area (Å²) in [7, 11) is 1.66. The number of nitrogens with zero attached hydrogens (tertiary/aromatic N) is 2. The molecule has 1 aromatic heterocycles. The Hall–Kier alpha value is -2.27. The van der Waals surface area contributed by atoms with Crippen molar-refractivity contribution in [2.75, 3.05) is 7.11 Å². The molecule has 0 aliphatic heterocycles. The highest BCUT2D eigenvalue weighted by Crippen LogP contribution is 2.29. The van der Waals surface area contributed by atoms with Gasteiger partial charge in [0.25, 0.3) is 0 Å². The van der Waals surface area contributed by atoms with Gasteiger partial charge in [0.05, 0.1) is 12.7 Å². The molecular formula is C20H23N3OS. The highest BCUT2D eigenvalue weighted by atomic mass is 32.2. The van der Waals surface area contributed by atoms with E-state index >= 15 is 0 Å². The summed E-state index contributed by atoms with van der Waals surface area (Å²) >= 11 is 1.62. The maximum atomic E-state index is 5.38. The molecule has 2 aromatic carbocycles. The van der Waals surface area contributed by atoms with E-state index < -0.39 is 0 Å². The third kappa shape index (κ3) is 4.23. The van der Waals surface area contributed by atoms with Gasteiger partial charge in [-0.1, -0.05) is 68.9 Å². The van der Waals surface area contributed by atoms with E-state index in [1.54, 1.807) is 18.9 Å². The van der Waals surface area contributed by atoms with E-state index in [1.165, 1.54) is 11.1 Å². The number of hydrogen-bond donors (Lipinski definition) is 1. The van der Waals surface area contributed by atoms with Crippen LogP contribution in [0.25, 0.3) is 11.4 Å². The van der Waals surface area contributed by atoms with E-state index in [2.05, 4.69) is 60.2 Å². The van der Waals surface area contributed by atoms with Crippen molar-refractivity contribution in [2.45, 2.75) is 37.1 Å². The maximum Gasteiger partial charge on any atom is 0.209 e. The van der Waals surface area contributed by atoms with Crippen LogP contribution < -0.4 is 4.74 Å². The fraction of sp³-hybridized carbons (Fsp3) is 0.300. The predicted molar refractivity (Wildman–Crippen MR) is 103 cm³/mol. The van der Waals surface area contributed by atoms with Crippen LogP contribution in [0.4, 0.5) is 0 Å². The van der Waals surface area contributed by atoms with Gasteiger partial charge in [0.1, 0.15) is 5.75 Å². The number of hydrogen-bond acceptors (Lipinski definition) is 4. The number of thioether (sulfide) groups is 1. The average Bonchev–Trinajstić information content (AvgIpc) is 3.08. The summed E-state index contributed by atoms with van der Waals surface area (Å²) in [5, 5.41) is 8.05. The summed E-state index contributed by atoms with van der Waals surface area (Å²) in [5.74, 6) is 2.35. The van der Waals surface area contributed by atoms with Crippen LogP contribution in [-0.4, -0.2) is 22.3 Å². The van der Waals surface area contributed by atoms with Crippen LogP contribution in [-0.2, 0) is 11.2 Å². The summed E-state index contributed by atoms with van der Waals surface area (Å²) in [6.07, 6.45) is 0. The molecule has 5 heteroatoms. The fourth-order valence-electron chi connectivity index (χ4n) is 2.52. The number of aromatic nitrogens is 3. The second kappa shape index (κ2) is 7.31. The van der Waals surface area contributed by atoms with Gasteiger partial charge in [-0.25, -0.2) is 4.98 Å². The first-order valence-electron chi connectivity index (χ1n) is 8.25. The number of methoxy groups -OCH3 is 1. The average molecular weight is 353 g/mol. The lowest BCUT2D eigenvalue weighted by molar-refractivity contribution is 0.416. The summed E-state index contributed by atoms with van der Waals surface area (Å²) in [6, 6.07) is 16.6. The molecule has 0 fully saturated rings. The molecule has 0 bridgehead atoms. The van der Waals surface area contributed by atoms with Crippen molar-refractivity contribution < 1.29 is 4.74 Å². The molecule has 0 spiro atoms. The zero-order valence-electron chi connectivity index (χ0n) is 15.0. The van der Waals surface area contributed by atoms with E-state index in [-0.39, 0.29) is 5.41 Å². The minimum Gasteiger partial charge on any atom is -0.496 e. The summed E-state index contributed by atoms with van der Waals surface area (Å²) < 4.78 is 5.38. The van der Waals surface area contributed by atoms with Crippen molar-refractivity contribution >= 4 is 11.8 Å². The largest absolute Gasteiger partial charge is 0.496 e. The lowest BCUT2D eigenvalue weighted by atomic mass is 9.87. The predicted octanol–water partition coefficient (Wildman–Crippen LogP) is 5.07. The molecule has 130 valence electrons.